The largest absolute Gasteiger partial charge is 0.383 e. The summed E-state index contributed by atoms with van der Waals surface area (Å²) in [5.74, 6) is -0.391. The molecule has 2 nitrogen and oxygen atoms in total. The lowest BCUT2D eigenvalue weighted by atomic mass is 10.4. The van der Waals surface area contributed by atoms with Crippen molar-refractivity contribution < 1.29 is 8.98 Å². The van der Waals surface area contributed by atoms with Gasteiger partial charge in [-0.2, -0.15) is 0 Å². The van der Waals surface area contributed by atoms with Crippen LogP contribution in [0.3, 0.4) is 0 Å². The van der Waals surface area contributed by atoms with Crippen LogP contribution >= 0.6 is 28.0 Å². The Balaban J connectivity index is 2.50. The Hall–Kier alpha value is -0.740. The monoisotopic (exact) mass is 272 g/mol. The lowest BCUT2D eigenvalue weighted by Crippen LogP contribution is -1.98. The van der Waals surface area contributed by atoms with Gasteiger partial charge >= 0.3 is 5.97 Å². The highest BCUT2D eigenvalue weighted by atomic mass is 79.9. The Morgan fingerprint density at radius 1 is 1.43 bits per heavy atom. The molecule has 0 aliphatic heterocycles. The summed E-state index contributed by atoms with van der Waals surface area (Å²) in [4.78, 5) is 11.9. The quantitative estimate of drug-likeness (QED) is 0.622. The van der Waals surface area contributed by atoms with Gasteiger partial charge in [0.25, 0.3) is 0 Å². The summed E-state index contributed by atoms with van der Waals surface area (Å²) in [7, 11) is 0. The van der Waals surface area contributed by atoms with Gasteiger partial charge in [-0.25, -0.2) is 4.79 Å². The summed E-state index contributed by atoms with van der Waals surface area (Å²) in [6, 6.07) is 7.49. The number of hydrogen-bond acceptors (Lipinski definition) is 3. The number of hydrogen-bond donors (Lipinski definition) is 0. The molecule has 1 aromatic rings. The molecule has 0 radical (unpaired) electrons. The van der Waals surface area contributed by atoms with Crippen molar-refractivity contribution >= 4 is 33.9 Å². The molecule has 0 aliphatic rings. The molecule has 1 rings (SSSR count). The van der Waals surface area contributed by atoms with E-state index < -0.39 is 5.97 Å². The maximum Gasteiger partial charge on any atom is 0.345 e. The molecule has 0 amide bonds. The number of rotatable bonds is 3. The second-order valence-electron chi connectivity index (χ2n) is 2.69. The van der Waals surface area contributed by atoms with Crippen LogP contribution in [0.25, 0.3) is 0 Å². The van der Waals surface area contributed by atoms with E-state index in [0.717, 1.165) is 21.4 Å². The van der Waals surface area contributed by atoms with Crippen LogP contribution in [0.4, 0.5) is 0 Å². The Kier molecular flexibility index (Phi) is 4.22. The molecule has 74 valence electrons. The van der Waals surface area contributed by atoms with E-state index in [2.05, 4.69) is 22.5 Å². The summed E-state index contributed by atoms with van der Waals surface area (Å²) in [6.45, 7) is 5.10. The third-order valence-electron chi connectivity index (χ3n) is 1.38. The zero-order valence-electron chi connectivity index (χ0n) is 7.62. The fraction of sp³-hybridized carbons (Fsp3) is 0.100. The highest BCUT2D eigenvalue weighted by molar-refractivity contribution is 9.10. The van der Waals surface area contributed by atoms with E-state index in [9.17, 15) is 4.79 Å². The molecule has 0 atom stereocenters. The number of halogens is 1. The lowest BCUT2D eigenvalue weighted by Gasteiger charge is -2.01. The highest BCUT2D eigenvalue weighted by Crippen LogP contribution is 2.22. The lowest BCUT2D eigenvalue weighted by molar-refractivity contribution is -0.128. The van der Waals surface area contributed by atoms with E-state index in [4.69, 9.17) is 4.18 Å². The van der Waals surface area contributed by atoms with Crippen LogP contribution in [-0.2, 0) is 8.98 Å². The van der Waals surface area contributed by atoms with E-state index in [-0.39, 0.29) is 0 Å². The molecule has 0 unspecified atom stereocenters. The predicted octanol–water partition coefficient (Wildman–Crippen LogP) is 3.58. The van der Waals surface area contributed by atoms with Gasteiger partial charge in [0.05, 0.1) is 12.0 Å². The van der Waals surface area contributed by atoms with E-state index in [1.807, 2.05) is 24.3 Å². The molecular weight excluding hydrogens is 264 g/mol. The zero-order valence-corrected chi connectivity index (χ0v) is 10.0. The minimum absolute atomic E-state index is 0.391. The van der Waals surface area contributed by atoms with Crippen LogP contribution in [-0.4, -0.2) is 5.97 Å². The molecule has 0 heterocycles. The molecule has 0 fully saturated rings. The smallest absolute Gasteiger partial charge is 0.345 e. The van der Waals surface area contributed by atoms with Crippen molar-refractivity contribution in [3.05, 3.63) is 40.9 Å². The molecule has 0 saturated carbocycles. The molecule has 0 aromatic heterocycles. The van der Waals surface area contributed by atoms with E-state index >= 15 is 0 Å². The van der Waals surface area contributed by atoms with Gasteiger partial charge in [0.15, 0.2) is 0 Å². The average Bonchev–Trinajstić information content (AvgIpc) is 2.16. The topological polar surface area (TPSA) is 26.3 Å². The Bertz CT molecular complexity index is 346. The maximum atomic E-state index is 11.0. The normalized spacial score (nSPS) is 9.57. The minimum Gasteiger partial charge on any atom is -0.383 e. The van der Waals surface area contributed by atoms with Crippen LogP contribution < -0.4 is 0 Å². The summed E-state index contributed by atoms with van der Waals surface area (Å²) in [5.41, 5.74) is 0.398. The van der Waals surface area contributed by atoms with Crippen molar-refractivity contribution in [3.63, 3.8) is 0 Å². The van der Waals surface area contributed by atoms with Gasteiger partial charge in [0.2, 0.25) is 0 Å². The van der Waals surface area contributed by atoms with Gasteiger partial charge in [0, 0.05) is 14.9 Å². The van der Waals surface area contributed by atoms with Gasteiger partial charge in [0.1, 0.15) is 0 Å². The summed E-state index contributed by atoms with van der Waals surface area (Å²) < 4.78 is 5.89. The van der Waals surface area contributed by atoms with Crippen molar-refractivity contribution in [2.24, 2.45) is 0 Å². The third kappa shape index (κ3) is 3.55. The Labute approximate surface area is 95.7 Å². The summed E-state index contributed by atoms with van der Waals surface area (Å²) >= 11 is 4.35. The van der Waals surface area contributed by atoms with E-state index in [1.165, 1.54) is 0 Å². The van der Waals surface area contributed by atoms with Crippen molar-refractivity contribution in [2.75, 3.05) is 0 Å². The predicted molar refractivity (Wildman–Crippen MR) is 60.9 cm³/mol. The number of carbonyl (C=O) groups excluding carboxylic acids is 1. The summed E-state index contributed by atoms with van der Waals surface area (Å²) in [6.07, 6.45) is 0. The molecule has 0 bridgehead atoms. The Morgan fingerprint density at radius 2 is 2.00 bits per heavy atom. The van der Waals surface area contributed by atoms with Gasteiger partial charge in [-0.05, 0) is 31.2 Å². The first-order chi connectivity index (χ1) is 6.59. The van der Waals surface area contributed by atoms with Crippen LogP contribution in [0.2, 0.25) is 0 Å². The Morgan fingerprint density at radius 3 is 2.50 bits per heavy atom. The van der Waals surface area contributed by atoms with Crippen LogP contribution in [0.1, 0.15) is 6.92 Å². The van der Waals surface area contributed by atoms with Gasteiger partial charge in [-0.15, -0.1) is 0 Å². The second kappa shape index (κ2) is 5.22. The van der Waals surface area contributed by atoms with Crippen molar-refractivity contribution in [3.8, 4) is 0 Å². The first-order valence-corrected chi connectivity index (χ1v) is 5.43. The summed E-state index contributed by atoms with van der Waals surface area (Å²) in [5, 5.41) is 0. The van der Waals surface area contributed by atoms with E-state index in [0.29, 0.717) is 5.57 Å². The second-order valence-corrected chi connectivity index (χ2v) is 4.41. The standard InChI is InChI=1S/C10H9BrO2S/c1-7(2)10(12)13-14-9-5-3-8(11)4-6-9/h3-6H,1H2,2H3. The minimum atomic E-state index is -0.391. The molecular formula is C10H9BrO2S. The molecule has 4 heteroatoms. The molecule has 1 aromatic carbocycles. The van der Waals surface area contributed by atoms with Gasteiger partial charge < -0.3 is 4.18 Å². The molecule has 0 N–H and O–H groups in total. The molecule has 14 heavy (non-hydrogen) atoms. The number of carbonyl (C=O) groups is 1. The van der Waals surface area contributed by atoms with Gasteiger partial charge in [-0.1, -0.05) is 22.5 Å². The first kappa shape index (κ1) is 11.3. The SMILES string of the molecule is C=C(C)C(=O)OSc1ccc(Br)cc1. The molecule has 0 aliphatic carbocycles. The number of benzene rings is 1. The van der Waals surface area contributed by atoms with Crippen molar-refractivity contribution in [1.29, 1.82) is 0 Å². The van der Waals surface area contributed by atoms with Crippen molar-refractivity contribution in [2.45, 2.75) is 11.8 Å². The highest BCUT2D eigenvalue weighted by Gasteiger charge is 2.04. The third-order valence-corrected chi connectivity index (χ3v) is 2.60. The fourth-order valence-electron chi connectivity index (χ4n) is 0.647. The van der Waals surface area contributed by atoms with Crippen molar-refractivity contribution in [1.82, 2.24) is 0 Å². The molecule has 0 spiro atoms. The first-order valence-electron chi connectivity index (χ1n) is 3.89. The van der Waals surface area contributed by atoms with Gasteiger partial charge in [-0.3, -0.25) is 0 Å². The maximum absolute atomic E-state index is 11.0. The van der Waals surface area contributed by atoms with Crippen LogP contribution in [0.5, 0.6) is 0 Å². The van der Waals surface area contributed by atoms with Crippen LogP contribution in [0.15, 0.2) is 45.8 Å². The molecule has 0 saturated heterocycles. The average molecular weight is 273 g/mol. The zero-order chi connectivity index (χ0) is 10.6. The van der Waals surface area contributed by atoms with Crippen LogP contribution in [0, 0.1) is 0 Å². The fourth-order valence-corrected chi connectivity index (χ4v) is 1.47. The van der Waals surface area contributed by atoms with E-state index in [1.54, 1.807) is 6.92 Å².